The maximum absolute atomic E-state index is 12.2. The number of aryl methyl sites for hydroxylation is 1. The Labute approximate surface area is 359 Å². The number of carbonyl (C=O) groups is 8. The van der Waals surface area contributed by atoms with Gasteiger partial charge in [0.2, 0.25) is 0 Å². The summed E-state index contributed by atoms with van der Waals surface area (Å²) in [6.45, 7) is 9.52. The average Bonchev–Trinajstić information content (AvgIpc) is 3.26. The molecule has 0 spiro atoms. The molecule has 18 heteroatoms. The maximum Gasteiger partial charge on any atom is 0.327 e. The van der Waals surface area contributed by atoms with Crippen LogP contribution in [-0.2, 0) is 84.0 Å². The molecule has 0 aliphatic heterocycles. The summed E-state index contributed by atoms with van der Waals surface area (Å²) < 4.78 is 28.4. The van der Waals surface area contributed by atoms with Gasteiger partial charge in [0.25, 0.3) is 0 Å². The second-order valence-corrected chi connectivity index (χ2v) is 14.2. The molecule has 3 atom stereocenters. The molecule has 3 aromatic rings. The minimum atomic E-state index is -1.66. The van der Waals surface area contributed by atoms with Gasteiger partial charge in [0.05, 0.1) is 66.8 Å². The standard InChI is InChI=1S/C17H22O6.C16H21NO6.C11H13NO4/c1-10-7-8-12(9-13(10)11(2)14(18)21-4)17(3,15(19)22-5)16(20)23-6;1-9(13(18)21-3)11-8-10(6-7-12(11)17)16(2,14(19)22-4)15(20)23-5;1-6(11(15)16)7-2-3-9(12)8(4-7)5-10(13)14/h7-9,11H,1-6H3;6-9H,17H2,1-5H3;2-4,6H,5,12H2,1H3,(H,13,14)(H,15,16). The van der Waals surface area contributed by atoms with Crippen LogP contribution < -0.4 is 11.5 Å². The number of carboxylic acids is 2. The fourth-order valence-electron chi connectivity index (χ4n) is 6.09. The summed E-state index contributed by atoms with van der Waals surface area (Å²) in [5, 5.41) is 17.5. The first-order valence-electron chi connectivity index (χ1n) is 18.7. The van der Waals surface area contributed by atoms with E-state index in [1.165, 1.54) is 86.8 Å². The highest BCUT2D eigenvalue weighted by Crippen LogP contribution is 2.34. The molecule has 0 radical (unpaired) electrons. The summed E-state index contributed by atoms with van der Waals surface area (Å²) in [7, 11) is 7.35. The molecule has 0 bridgehead atoms. The number of aliphatic carboxylic acids is 2. The lowest BCUT2D eigenvalue weighted by molar-refractivity contribution is -0.162. The van der Waals surface area contributed by atoms with Gasteiger partial charge in [-0.1, -0.05) is 42.5 Å². The minimum Gasteiger partial charge on any atom is -0.481 e. The van der Waals surface area contributed by atoms with Gasteiger partial charge in [0.1, 0.15) is 0 Å². The van der Waals surface area contributed by atoms with Gasteiger partial charge in [-0.05, 0) is 92.6 Å². The first-order valence-corrected chi connectivity index (χ1v) is 18.7. The number of anilines is 2. The van der Waals surface area contributed by atoms with Crippen LogP contribution in [0.4, 0.5) is 11.4 Å². The molecule has 0 heterocycles. The fraction of sp³-hybridized carbons (Fsp3) is 0.409. The number of nitrogens with two attached hydrogens (primary N) is 2. The van der Waals surface area contributed by atoms with Crippen LogP contribution in [-0.4, -0.2) is 101 Å². The molecule has 338 valence electrons. The number of hydrogen-bond acceptors (Lipinski definition) is 16. The van der Waals surface area contributed by atoms with E-state index in [4.69, 9.17) is 50.1 Å². The van der Waals surface area contributed by atoms with E-state index in [9.17, 15) is 38.4 Å². The predicted molar refractivity (Wildman–Crippen MR) is 224 cm³/mol. The van der Waals surface area contributed by atoms with Crippen molar-refractivity contribution in [2.24, 2.45) is 0 Å². The van der Waals surface area contributed by atoms with Gasteiger partial charge in [-0.15, -0.1) is 0 Å². The van der Waals surface area contributed by atoms with E-state index >= 15 is 0 Å². The van der Waals surface area contributed by atoms with Crippen molar-refractivity contribution in [3.8, 4) is 0 Å². The molecule has 3 rings (SSSR count). The Bertz CT molecular complexity index is 2000. The van der Waals surface area contributed by atoms with Crippen LogP contribution >= 0.6 is 0 Å². The maximum atomic E-state index is 12.2. The Kier molecular flexibility index (Phi) is 19.8. The van der Waals surface area contributed by atoms with Gasteiger partial charge in [0, 0.05) is 11.4 Å². The van der Waals surface area contributed by atoms with Crippen LogP contribution in [0.5, 0.6) is 0 Å². The minimum absolute atomic E-state index is 0.202. The van der Waals surface area contributed by atoms with Crippen molar-refractivity contribution >= 4 is 59.1 Å². The number of esters is 6. The summed E-state index contributed by atoms with van der Waals surface area (Å²) in [4.78, 5) is 93.5. The highest BCUT2D eigenvalue weighted by atomic mass is 16.6. The van der Waals surface area contributed by atoms with E-state index < -0.39 is 76.3 Å². The Balaban J connectivity index is 0.000000473. The largest absolute Gasteiger partial charge is 0.481 e. The second kappa shape index (κ2) is 23.1. The van der Waals surface area contributed by atoms with Crippen molar-refractivity contribution in [1.29, 1.82) is 0 Å². The van der Waals surface area contributed by atoms with Crippen molar-refractivity contribution in [2.75, 3.05) is 54.1 Å². The lowest BCUT2D eigenvalue weighted by atomic mass is 9.80. The lowest BCUT2D eigenvalue weighted by Crippen LogP contribution is -2.42. The highest BCUT2D eigenvalue weighted by Gasteiger charge is 2.47. The zero-order valence-corrected chi connectivity index (χ0v) is 36.9. The summed E-state index contributed by atoms with van der Waals surface area (Å²) in [6, 6.07) is 14.3. The first kappa shape index (κ1) is 53.0. The van der Waals surface area contributed by atoms with E-state index in [0.29, 0.717) is 44.8 Å². The number of carboxylic acid groups (broad SMARTS) is 2. The van der Waals surface area contributed by atoms with Crippen molar-refractivity contribution < 1.29 is 77.0 Å². The molecule has 0 aliphatic carbocycles. The summed E-state index contributed by atoms with van der Waals surface area (Å²) in [6.07, 6.45) is -0.202. The lowest BCUT2D eigenvalue weighted by Gasteiger charge is -2.25. The van der Waals surface area contributed by atoms with E-state index in [1.807, 2.05) is 6.92 Å². The van der Waals surface area contributed by atoms with Crippen LogP contribution in [0, 0.1) is 6.92 Å². The molecular weight excluding hydrogens is 812 g/mol. The van der Waals surface area contributed by atoms with Crippen LogP contribution in [0.15, 0.2) is 54.6 Å². The van der Waals surface area contributed by atoms with Crippen LogP contribution in [0.2, 0.25) is 0 Å². The first-order chi connectivity index (χ1) is 28.9. The number of hydrogen-bond donors (Lipinski definition) is 4. The molecule has 3 aromatic carbocycles. The summed E-state index contributed by atoms with van der Waals surface area (Å²) in [5.41, 5.74) is 12.6. The molecular formula is C44H56N2O16. The Morgan fingerprint density at radius 2 is 0.935 bits per heavy atom. The number of benzene rings is 3. The van der Waals surface area contributed by atoms with Gasteiger partial charge in [-0.2, -0.15) is 0 Å². The fourth-order valence-corrected chi connectivity index (χ4v) is 6.09. The van der Waals surface area contributed by atoms with Gasteiger partial charge in [-0.25, -0.2) is 0 Å². The molecule has 0 aromatic heterocycles. The molecule has 0 fully saturated rings. The normalized spacial score (nSPS) is 12.2. The van der Waals surface area contributed by atoms with Crippen molar-refractivity contribution in [3.05, 3.63) is 93.5 Å². The third-order valence-electron chi connectivity index (χ3n) is 10.3. The zero-order chi connectivity index (χ0) is 47.9. The molecule has 0 amide bonds. The average molecular weight is 869 g/mol. The Morgan fingerprint density at radius 3 is 1.32 bits per heavy atom. The zero-order valence-electron chi connectivity index (χ0n) is 36.9. The number of rotatable bonds is 14. The Morgan fingerprint density at radius 1 is 0.548 bits per heavy atom. The monoisotopic (exact) mass is 868 g/mol. The number of ether oxygens (including phenoxy) is 6. The van der Waals surface area contributed by atoms with Gasteiger partial charge >= 0.3 is 47.8 Å². The third kappa shape index (κ3) is 12.3. The van der Waals surface area contributed by atoms with Gasteiger partial charge < -0.3 is 50.1 Å². The number of nitrogen functional groups attached to an aromatic ring is 2. The van der Waals surface area contributed by atoms with E-state index in [2.05, 4.69) is 0 Å². The molecule has 18 nitrogen and oxygen atoms in total. The molecule has 0 saturated heterocycles. The molecule has 62 heavy (non-hydrogen) atoms. The van der Waals surface area contributed by atoms with Crippen LogP contribution in [0.1, 0.15) is 91.3 Å². The number of methoxy groups -OCH3 is 6. The Hall–Kier alpha value is -6.98. The van der Waals surface area contributed by atoms with Gasteiger partial charge in [0.15, 0.2) is 10.8 Å². The van der Waals surface area contributed by atoms with Gasteiger partial charge in [-0.3, -0.25) is 38.4 Å². The van der Waals surface area contributed by atoms with E-state index in [0.717, 1.165) is 5.56 Å². The van der Waals surface area contributed by atoms with E-state index in [1.54, 1.807) is 45.0 Å². The molecule has 6 N–H and O–H groups in total. The van der Waals surface area contributed by atoms with Crippen molar-refractivity contribution in [3.63, 3.8) is 0 Å². The summed E-state index contributed by atoms with van der Waals surface area (Å²) >= 11 is 0. The van der Waals surface area contributed by atoms with Crippen LogP contribution in [0.25, 0.3) is 0 Å². The van der Waals surface area contributed by atoms with Crippen molar-refractivity contribution in [2.45, 2.75) is 76.5 Å². The van der Waals surface area contributed by atoms with E-state index in [-0.39, 0.29) is 6.42 Å². The quantitative estimate of drug-likeness (QED) is 0.0767. The molecule has 3 unspecified atom stereocenters. The summed E-state index contributed by atoms with van der Waals surface area (Å²) in [5.74, 6) is -7.69. The number of carbonyl (C=O) groups excluding carboxylic acids is 6. The smallest absolute Gasteiger partial charge is 0.327 e. The van der Waals surface area contributed by atoms with Crippen molar-refractivity contribution in [1.82, 2.24) is 0 Å². The third-order valence-corrected chi connectivity index (χ3v) is 10.3. The SMILES string of the molecule is CC(C(=O)O)c1ccc(N)c(CC(=O)O)c1.COC(=O)C(C)c1cc(C(C)(C(=O)OC)C(=O)OC)ccc1C.COC(=O)C(C)c1cc(C(C)(C(=O)OC)C(=O)OC)ccc1N. The van der Waals surface area contributed by atoms with Crippen LogP contribution in [0.3, 0.4) is 0 Å². The molecule has 0 aliphatic rings. The highest BCUT2D eigenvalue weighted by molar-refractivity contribution is 6.06. The topological polar surface area (TPSA) is 284 Å². The second-order valence-electron chi connectivity index (χ2n) is 14.2. The predicted octanol–water partition coefficient (Wildman–Crippen LogP) is 4.11. The molecule has 0 saturated carbocycles.